The fraction of sp³-hybridized carbons (Fsp3) is 0.278. The Bertz CT molecular complexity index is 1170. The number of nitrogens with one attached hydrogen (secondary N) is 1. The summed E-state index contributed by atoms with van der Waals surface area (Å²) in [5.41, 5.74) is 1.43. The average Bonchev–Trinajstić information content (AvgIpc) is 3.21. The van der Waals surface area contributed by atoms with Crippen LogP contribution in [-0.2, 0) is 21.2 Å². The summed E-state index contributed by atoms with van der Waals surface area (Å²) in [6.45, 7) is -0.192. The summed E-state index contributed by atoms with van der Waals surface area (Å²) >= 11 is 1.38. The van der Waals surface area contributed by atoms with Crippen LogP contribution in [0.1, 0.15) is 6.42 Å². The number of rotatable bonds is 4. The highest BCUT2D eigenvalue weighted by molar-refractivity contribution is 7.91. The van der Waals surface area contributed by atoms with E-state index in [9.17, 15) is 18.0 Å². The zero-order chi connectivity index (χ0) is 19.0. The number of hydrogen-bond donors (Lipinski definition) is 1. The summed E-state index contributed by atoms with van der Waals surface area (Å²) in [5.74, 6) is -0.356. The molecule has 1 N–H and O–H groups in total. The molecule has 1 aliphatic heterocycles. The maximum absolute atomic E-state index is 12.9. The molecular weight excluding hydrogens is 386 g/mol. The molecule has 0 saturated carbocycles. The van der Waals surface area contributed by atoms with Crippen LogP contribution in [0, 0.1) is 0 Å². The van der Waals surface area contributed by atoms with E-state index in [1.54, 1.807) is 0 Å². The van der Waals surface area contributed by atoms with Gasteiger partial charge in [-0.25, -0.2) is 13.4 Å². The first-order valence-corrected chi connectivity index (χ1v) is 11.1. The predicted molar refractivity (Wildman–Crippen MR) is 105 cm³/mol. The van der Waals surface area contributed by atoms with Crippen LogP contribution < -0.4 is 10.9 Å². The summed E-state index contributed by atoms with van der Waals surface area (Å²) in [4.78, 5) is 30.1. The van der Waals surface area contributed by atoms with Gasteiger partial charge in [-0.15, -0.1) is 11.3 Å². The lowest BCUT2D eigenvalue weighted by Crippen LogP contribution is -2.39. The fourth-order valence-corrected chi connectivity index (χ4v) is 5.83. The lowest BCUT2D eigenvalue weighted by Gasteiger charge is -2.11. The molecule has 7 nitrogen and oxygen atoms in total. The molecule has 3 heterocycles. The van der Waals surface area contributed by atoms with Crippen LogP contribution >= 0.6 is 11.3 Å². The molecule has 3 aromatic rings. The van der Waals surface area contributed by atoms with Gasteiger partial charge in [0.05, 0.1) is 23.2 Å². The van der Waals surface area contributed by atoms with Crippen LogP contribution in [0.5, 0.6) is 0 Å². The summed E-state index contributed by atoms with van der Waals surface area (Å²) in [6.07, 6.45) is 1.77. The van der Waals surface area contributed by atoms with Gasteiger partial charge in [0.2, 0.25) is 5.91 Å². The lowest BCUT2D eigenvalue weighted by molar-refractivity contribution is -0.122. The van der Waals surface area contributed by atoms with Crippen LogP contribution in [0.2, 0.25) is 0 Å². The van der Waals surface area contributed by atoms with E-state index in [4.69, 9.17) is 0 Å². The number of sulfone groups is 1. The number of hydrogen-bond acceptors (Lipinski definition) is 6. The topological polar surface area (TPSA) is 98.1 Å². The Morgan fingerprint density at radius 3 is 2.78 bits per heavy atom. The van der Waals surface area contributed by atoms with E-state index in [2.05, 4.69) is 10.3 Å². The van der Waals surface area contributed by atoms with E-state index >= 15 is 0 Å². The summed E-state index contributed by atoms with van der Waals surface area (Å²) in [7, 11) is -3.07. The molecule has 27 heavy (non-hydrogen) atoms. The number of benzene rings is 1. The predicted octanol–water partition coefficient (Wildman–Crippen LogP) is 1.43. The maximum Gasteiger partial charge on any atom is 0.263 e. The Labute approximate surface area is 159 Å². The largest absolute Gasteiger partial charge is 0.351 e. The monoisotopic (exact) mass is 403 g/mol. The molecule has 4 rings (SSSR count). The number of fused-ring (bicyclic) bond motifs is 1. The molecule has 1 aromatic carbocycles. The van der Waals surface area contributed by atoms with Crippen LogP contribution in [0.4, 0.5) is 0 Å². The molecule has 0 unspecified atom stereocenters. The van der Waals surface area contributed by atoms with E-state index in [1.807, 2.05) is 35.7 Å². The Morgan fingerprint density at radius 2 is 2.07 bits per heavy atom. The number of amides is 1. The molecule has 1 amide bonds. The van der Waals surface area contributed by atoms with E-state index in [0.717, 1.165) is 11.1 Å². The quantitative estimate of drug-likeness (QED) is 0.711. The van der Waals surface area contributed by atoms with Crippen LogP contribution in [0.3, 0.4) is 0 Å². The number of carbonyl (C=O) groups is 1. The number of carbonyl (C=O) groups excluding carboxylic acids is 1. The second-order valence-corrected chi connectivity index (χ2v) is 9.63. The van der Waals surface area contributed by atoms with Crippen molar-refractivity contribution in [2.45, 2.75) is 19.0 Å². The van der Waals surface area contributed by atoms with Crippen molar-refractivity contribution in [3.63, 3.8) is 0 Å². The van der Waals surface area contributed by atoms with Crippen molar-refractivity contribution in [2.24, 2.45) is 0 Å². The van der Waals surface area contributed by atoms with Crippen molar-refractivity contribution in [3.8, 4) is 11.1 Å². The van der Waals surface area contributed by atoms with Gasteiger partial charge < -0.3 is 5.32 Å². The third-order valence-electron chi connectivity index (χ3n) is 4.56. The number of thiophene rings is 1. The number of nitrogens with zero attached hydrogens (tertiary/aromatic N) is 2. The minimum absolute atomic E-state index is 0.0480. The molecule has 0 aliphatic carbocycles. The zero-order valence-electron chi connectivity index (χ0n) is 14.3. The number of aromatic nitrogens is 2. The normalized spacial score (nSPS) is 18.6. The van der Waals surface area contributed by atoms with Crippen LogP contribution in [0.15, 0.2) is 46.8 Å². The smallest absolute Gasteiger partial charge is 0.263 e. The van der Waals surface area contributed by atoms with Crippen LogP contribution in [-0.4, -0.2) is 41.4 Å². The summed E-state index contributed by atoms with van der Waals surface area (Å²) < 4.78 is 24.3. The second-order valence-electron chi connectivity index (χ2n) is 6.54. The minimum Gasteiger partial charge on any atom is -0.351 e. The van der Waals surface area contributed by atoms with E-state index < -0.39 is 21.8 Å². The molecule has 0 radical (unpaired) electrons. The third-order valence-corrected chi connectivity index (χ3v) is 7.21. The van der Waals surface area contributed by atoms with Gasteiger partial charge in [-0.3, -0.25) is 14.2 Å². The van der Waals surface area contributed by atoms with Gasteiger partial charge in [-0.1, -0.05) is 30.3 Å². The summed E-state index contributed by atoms with van der Waals surface area (Å²) in [5, 5.41) is 5.08. The first kappa shape index (κ1) is 17.9. The highest BCUT2D eigenvalue weighted by atomic mass is 32.2. The van der Waals surface area contributed by atoms with Crippen molar-refractivity contribution in [2.75, 3.05) is 11.5 Å². The van der Waals surface area contributed by atoms with E-state index in [0.29, 0.717) is 16.6 Å². The molecule has 1 aliphatic rings. The first-order valence-electron chi connectivity index (χ1n) is 8.45. The molecule has 1 saturated heterocycles. The summed E-state index contributed by atoms with van der Waals surface area (Å²) in [6, 6.07) is 9.16. The third kappa shape index (κ3) is 3.65. The molecule has 1 atom stereocenters. The van der Waals surface area contributed by atoms with E-state index in [1.165, 1.54) is 22.2 Å². The van der Waals surface area contributed by atoms with Crippen molar-refractivity contribution in [3.05, 3.63) is 52.4 Å². The Kier molecular flexibility index (Phi) is 4.56. The minimum atomic E-state index is -3.07. The molecule has 0 bridgehead atoms. The van der Waals surface area contributed by atoms with Gasteiger partial charge in [0, 0.05) is 17.0 Å². The standard InChI is InChI=1S/C18H17N3O4S2/c22-15(20-13-6-7-27(24,25)10-13)8-21-11-19-17-16(18(21)23)14(9-26-17)12-4-2-1-3-5-12/h1-5,9,11,13H,6-8,10H2,(H,20,22)/t13-/m1/s1. The Balaban J connectivity index is 1.60. The highest BCUT2D eigenvalue weighted by Gasteiger charge is 2.29. The fourth-order valence-electron chi connectivity index (χ4n) is 3.25. The van der Waals surface area contributed by atoms with Gasteiger partial charge in [-0.2, -0.15) is 0 Å². The van der Waals surface area contributed by atoms with Crippen molar-refractivity contribution < 1.29 is 13.2 Å². The second kappa shape index (κ2) is 6.90. The average molecular weight is 403 g/mol. The Hall–Kier alpha value is -2.52. The highest BCUT2D eigenvalue weighted by Crippen LogP contribution is 2.30. The van der Waals surface area contributed by atoms with Gasteiger partial charge >= 0.3 is 0 Å². The van der Waals surface area contributed by atoms with Crippen molar-refractivity contribution in [1.82, 2.24) is 14.9 Å². The molecule has 0 spiro atoms. The van der Waals surface area contributed by atoms with Gasteiger partial charge in [0.25, 0.3) is 5.56 Å². The SMILES string of the molecule is O=C(Cn1cnc2scc(-c3ccccc3)c2c1=O)N[C@@H]1CCS(=O)(=O)C1. The lowest BCUT2D eigenvalue weighted by atomic mass is 10.1. The van der Waals surface area contributed by atoms with Crippen molar-refractivity contribution >= 4 is 37.3 Å². The molecule has 140 valence electrons. The molecule has 9 heteroatoms. The van der Waals surface area contributed by atoms with E-state index in [-0.39, 0.29) is 23.6 Å². The first-order chi connectivity index (χ1) is 12.9. The van der Waals surface area contributed by atoms with Crippen LogP contribution in [0.25, 0.3) is 21.3 Å². The maximum atomic E-state index is 12.9. The van der Waals surface area contributed by atoms with Gasteiger partial charge in [0.1, 0.15) is 11.4 Å². The molecule has 1 fully saturated rings. The zero-order valence-corrected chi connectivity index (χ0v) is 15.9. The molecular formula is C18H17N3O4S2. The Morgan fingerprint density at radius 1 is 1.30 bits per heavy atom. The van der Waals surface area contributed by atoms with Gasteiger partial charge in [-0.05, 0) is 12.0 Å². The molecule has 2 aromatic heterocycles. The van der Waals surface area contributed by atoms with Gasteiger partial charge in [0.15, 0.2) is 9.84 Å². The van der Waals surface area contributed by atoms with Crippen molar-refractivity contribution in [1.29, 1.82) is 0 Å².